The zero-order valence-corrected chi connectivity index (χ0v) is 18.6. The first kappa shape index (κ1) is 20.4. The maximum absolute atomic E-state index is 13.5. The number of benzene rings is 1. The lowest BCUT2D eigenvalue weighted by Gasteiger charge is -2.45. The third kappa shape index (κ3) is 3.59. The molecule has 4 rings (SSSR count). The van der Waals surface area contributed by atoms with Crippen molar-refractivity contribution in [2.24, 2.45) is 11.3 Å². The maximum atomic E-state index is 13.5. The summed E-state index contributed by atoms with van der Waals surface area (Å²) >= 11 is 3.59. The van der Waals surface area contributed by atoms with Crippen LogP contribution < -0.4 is 5.32 Å². The topological polar surface area (TPSA) is 63.6 Å². The molecule has 7 heteroatoms. The van der Waals surface area contributed by atoms with E-state index in [0.29, 0.717) is 24.8 Å². The van der Waals surface area contributed by atoms with Gasteiger partial charge in [-0.05, 0) is 30.9 Å². The number of rotatable bonds is 3. The number of nitrogens with one attached hydrogen (secondary N) is 1. The number of carbonyl (C=O) groups excluding carboxylic acids is 2. The quantitative estimate of drug-likeness (QED) is 0.663. The Labute approximate surface area is 179 Å². The maximum Gasteiger partial charge on any atom is 0.328 e. The van der Waals surface area contributed by atoms with Gasteiger partial charge >= 0.3 is 6.03 Å². The molecule has 0 spiro atoms. The van der Waals surface area contributed by atoms with Gasteiger partial charge in [-0.3, -0.25) is 9.36 Å². The molecule has 1 N–H and O–H groups in total. The normalized spacial score (nSPS) is 19.4. The summed E-state index contributed by atoms with van der Waals surface area (Å²) < 4.78 is 7.98. The van der Waals surface area contributed by atoms with E-state index < -0.39 is 5.41 Å². The zero-order valence-electron chi connectivity index (χ0n) is 17.0. The Morgan fingerprint density at radius 2 is 1.86 bits per heavy atom. The minimum Gasteiger partial charge on any atom is -0.379 e. The van der Waals surface area contributed by atoms with Crippen LogP contribution in [0.5, 0.6) is 0 Å². The smallest absolute Gasteiger partial charge is 0.328 e. The number of hydrogen-bond donors (Lipinski definition) is 1. The number of aromatic nitrogens is 1. The van der Waals surface area contributed by atoms with Gasteiger partial charge in [0.1, 0.15) is 0 Å². The molecule has 2 amide bonds. The van der Waals surface area contributed by atoms with E-state index in [1.165, 1.54) is 30.6 Å². The number of halogens is 1. The van der Waals surface area contributed by atoms with Crippen molar-refractivity contribution in [1.82, 2.24) is 9.47 Å². The molecule has 29 heavy (non-hydrogen) atoms. The van der Waals surface area contributed by atoms with Gasteiger partial charge in [0.05, 0.1) is 29.8 Å². The Kier molecular flexibility index (Phi) is 5.71. The average Bonchev–Trinajstić information content (AvgIpc) is 2.82. The van der Waals surface area contributed by atoms with Crippen molar-refractivity contribution < 1.29 is 14.3 Å². The molecule has 2 fully saturated rings. The minimum atomic E-state index is -0.453. The monoisotopic (exact) mass is 461 g/mol. The van der Waals surface area contributed by atoms with Crippen LogP contribution in [0.15, 0.2) is 28.9 Å². The molecule has 0 radical (unpaired) electrons. The van der Waals surface area contributed by atoms with Crippen LogP contribution in [0.3, 0.4) is 0 Å². The standard InChI is InChI=1S/C22H28BrN3O3/c1-25(2)21(28)26-12-17(19-16(23)10-7-11-18(19)26)24-20(27)22(13-29-14-22)15-8-5-3-4-6-9-15/h7,10-12,15H,3-6,8-9,13-14H2,1-2H3,(H,24,27). The van der Waals surface area contributed by atoms with E-state index in [2.05, 4.69) is 21.2 Å². The number of amides is 2. The van der Waals surface area contributed by atoms with Crippen molar-refractivity contribution in [3.8, 4) is 0 Å². The van der Waals surface area contributed by atoms with E-state index in [4.69, 9.17) is 4.74 Å². The first-order chi connectivity index (χ1) is 13.9. The summed E-state index contributed by atoms with van der Waals surface area (Å²) in [5, 5.41) is 4.00. The second-order valence-electron chi connectivity index (χ2n) is 8.52. The van der Waals surface area contributed by atoms with Crippen molar-refractivity contribution in [2.75, 3.05) is 32.6 Å². The van der Waals surface area contributed by atoms with Gasteiger partial charge in [0, 0.05) is 30.2 Å². The van der Waals surface area contributed by atoms with Crippen LogP contribution in [-0.4, -0.2) is 48.7 Å². The van der Waals surface area contributed by atoms with Gasteiger partial charge in [0.15, 0.2) is 0 Å². The molecule has 2 aliphatic rings. The summed E-state index contributed by atoms with van der Waals surface area (Å²) in [5.74, 6) is 0.377. The van der Waals surface area contributed by atoms with Gasteiger partial charge in [-0.25, -0.2) is 4.79 Å². The average molecular weight is 462 g/mol. The summed E-state index contributed by atoms with van der Waals surface area (Å²) in [6.45, 7) is 0.972. The third-order valence-corrected chi connectivity index (χ3v) is 7.08. The predicted octanol–water partition coefficient (Wildman–Crippen LogP) is 4.86. The van der Waals surface area contributed by atoms with E-state index >= 15 is 0 Å². The van der Waals surface area contributed by atoms with Gasteiger partial charge in [0.25, 0.3) is 0 Å². The van der Waals surface area contributed by atoms with E-state index in [1.807, 2.05) is 18.2 Å². The zero-order chi connectivity index (χ0) is 20.6. The Bertz CT molecular complexity index is 925. The molecule has 1 saturated carbocycles. The fourth-order valence-corrected chi connectivity index (χ4v) is 5.23. The summed E-state index contributed by atoms with van der Waals surface area (Å²) in [7, 11) is 3.44. The number of nitrogens with zero attached hydrogens (tertiary/aromatic N) is 2. The Balaban J connectivity index is 1.68. The summed E-state index contributed by atoms with van der Waals surface area (Å²) in [6.07, 6.45) is 8.77. The van der Waals surface area contributed by atoms with E-state index in [-0.39, 0.29) is 11.9 Å². The molecule has 1 aliphatic heterocycles. The second-order valence-corrected chi connectivity index (χ2v) is 9.37. The lowest BCUT2D eigenvalue weighted by atomic mass is 9.69. The van der Waals surface area contributed by atoms with Crippen LogP contribution in [0, 0.1) is 11.3 Å². The van der Waals surface area contributed by atoms with Gasteiger partial charge in [-0.15, -0.1) is 0 Å². The summed E-state index contributed by atoms with van der Waals surface area (Å²) in [4.78, 5) is 27.7. The highest BCUT2D eigenvalue weighted by molar-refractivity contribution is 9.10. The van der Waals surface area contributed by atoms with Crippen LogP contribution in [0.2, 0.25) is 0 Å². The van der Waals surface area contributed by atoms with Crippen LogP contribution >= 0.6 is 15.9 Å². The Morgan fingerprint density at radius 3 is 2.45 bits per heavy atom. The number of carbonyl (C=O) groups is 2. The Morgan fingerprint density at radius 1 is 1.17 bits per heavy atom. The number of fused-ring (bicyclic) bond motifs is 1. The second kappa shape index (κ2) is 8.11. The molecule has 0 bridgehead atoms. The van der Waals surface area contributed by atoms with Crippen molar-refractivity contribution >= 4 is 44.5 Å². The number of anilines is 1. The van der Waals surface area contributed by atoms with Crippen LogP contribution in [0.1, 0.15) is 38.5 Å². The van der Waals surface area contributed by atoms with Crippen molar-refractivity contribution in [1.29, 1.82) is 0 Å². The lowest BCUT2D eigenvalue weighted by molar-refractivity contribution is -0.170. The van der Waals surface area contributed by atoms with Crippen molar-refractivity contribution in [3.05, 3.63) is 28.9 Å². The summed E-state index contributed by atoms with van der Waals surface area (Å²) in [6, 6.07) is 5.56. The highest BCUT2D eigenvalue weighted by atomic mass is 79.9. The van der Waals surface area contributed by atoms with Crippen molar-refractivity contribution in [3.63, 3.8) is 0 Å². The van der Waals surface area contributed by atoms with Gasteiger partial charge in [-0.1, -0.05) is 47.7 Å². The Hall–Kier alpha value is -1.86. The molecule has 1 aromatic heterocycles. The van der Waals surface area contributed by atoms with Gasteiger partial charge < -0.3 is 15.0 Å². The third-order valence-electron chi connectivity index (χ3n) is 6.42. The number of hydrogen-bond acceptors (Lipinski definition) is 3. The molecule has 2 aromatic rings. The van der Waals surface area contributed by atoms with Crippen LogP contribution in [0.25, 0.3) is 10.9 Å². The van der Waals surface area contributed by atoms with E-state index in [9.17, 15) is 9.59 Å². The molecular formula is C22H28BrN3O3. The molecule has 6 nitrogen and oxygen atoms in total. The highest BCUT2D eigenvalue weighted by Gasteiger charge is 2.51. The molecule has 0 atom stereocenters. The molecule has 156 valence electrons. The number of ether oxygens (including phenoxy) is 1. The molecule has 1 saturated heterocycles. The van der Waals surface area contributed by atoms with Gasteiger partial charge in [0.2, 0.25) is 5.91 Å². The molecular weight excluding hydrogens is 434 g/mol. The molecule has 0 unspecified atom stereocenters. The highest BCUT2D eigenvalue weighted by Crippen LogP contribution is 2.44. The fraction of sp³-hybridized carbons (Fsp3) is 0.545. The van der Waals surface area contributed by atoms with E-state index in [1.54, 1.807) is 24.9 Å². The fourth-order valence-electron chi connectivity index (χ4n) is 4.66. The SMILES string of the molecule is CN(C)C(=O)n1cc(NC(=O)C2(C3CCCCCC3)COC2)c2c(Br)cccc21. The van der Waals surface area contributed by atoms with Crippen LogP contribution in [0.4, 0.5) is 10.5 Å². The minimum absolute atomic E-state index is 0.0164. The lowest BCUT2D eigenvalue weighted by Crippen LogP contribution is -2.56. The van der Waals surface area contributed by atoms with E-state index in [0.717, 1.165) is 28.2 Å². The van der Waals surface area contributed by atoms with Crippen molar-refractivity contribution in [2.45, 2.75) is 38.5 Å². The molecule has 1 aromatic carbocycles. The first-order valence-electron chi connectivity index (χ1n) is 10.3. The first-order valence-corrected chi connectivity index (χ1v) is 11.1. The molecule has 1 aliphatic carbocycles. The predicted molar refractivity (Wildman–Crippen MR) is 117 cm³/mol. The summed E-state index contributed by atoms with van der Waals surface area (Å²) in [5.41, 5.74) is 0.972. The van der Waals surface area contributed by atoms with Crippen LogP contribution in [-0.2, 0) is 9.53 Å². The molecule has 2 heterocycles. The largest absolute Gasteiger partial charge is 0.379 e. The van der Waals surface area contributed by atoms with Gasteiger partial charge in [-0.2, -0.15) is 0 Å².